The van der Waals surface area contributed by atoms with Gasteiger partial charge in [-0.25, -0.2) is 5.43 Å². The second kappa shape index (κ2) is 8.12. The number of carbonyl (C=O) groups is 1. The Bertz CT molecular complexity index is 748. The van der Waals surface area contributed by atoms with E-state index < -0.39 is 0 Å². The minimum absolute atomic E-state index is 0.290. The van der Waals surface area contributed by atoms with E-state index in [9.17, 15) is 4.79 Å². The summed E-state index contributed by atoms with van der Waals surface area (Å²) >= 11 is 6.73. The molecule has 0 aromatic heterocycles. The molecule has 0 heterocycles. The van der Waals surface area contributed by atoms with E-state index in [-0.39, 0.29) is 5.91 Å². The van der Waals surface area contributed by atoms with Crippen LogP contribution in [-0.4, -0.2) is 26.3 Å². The zero-order valence-corrected chi connectivity index (χ0v) is 15.6. The molecule has 0 unspecified atom stereocenters. The van der Waals surface area contributed by atoms with Gasteiger partial charge in [0.2, 0.25) is 0 Å². The molecule has 2 aromatic carbocycles. The molecule has 1 amide bonds. The Morgan fingerprint density at radius 1 is 1.17 bits per heavy atom. The number of nitrogens with zero attached hydrogens (tertiary/aromatic N) is 1. The van der Waals surface area contributed by atoms with E-state index in [1.807, 2.05) is 12.1 Å². The molecule has 0 aliphatic carbocycles. The summed E-state index contributed by atoms with van der Waals surface area (Å²) in [6.07, 6.45) is 1.53. The number of halogens is 2. The van der Waals surface area contributed by atoms with Crippen molar-refractivity contribution < 1.29 is 14.3 Å². The van der Waals surface area contributed by atoms with Crippen LogP contribution in [0, 0.1) is 0 Å². The lowest BCUT2D eigenvalue weighted by Gasteiger charge is -2.10. The van der Waals surface area contributed by atoms with Gasteiger partial charge in [0, 0.05) is 10.0 Å². The van der Waals surface area contributed by atoms with Crippen molar-refractivity contribution in [2.75, 3.05) is 14.2 Å². The molecule has 0 aliphatic rings. The predicted molar refractivity (Wildman–Crippen MR) is 96.4 cm³/mol. The number of ether oxygens (including phenoxy) is 2. The summed E-state index contributed by atoms with van der Waals surface area (Å²) in [5, 5.41) is 3.96. The number of benzene rings is 2. The summed E-state index contributed by atoms with van der Waals surface area (Å²) in [5.74, 6) is 0.881. The molecule has 0 saturated heterocycles. The van der Waals surface area contributed by atoms with Gasteiger partial charge in [-0.05, 0) is 51.8 Å². The normalized spacial score (nSPS) is 10.6. The summed E-state index contributed by atoms with van der Waals surface area (Å²) in [5.41, 5.74) is 3.75. The maximum atomic E-state index is 12.0. The second-order valence-electron chi connectivity index (χ2n) is 4.45. The molecule has 23 heavy (non-hydrogen) atoms. The van der Waals surface area contributed by atoms with Gasteiger partial charge in [-0.2, -0.15) is 5.10 Å². The SMILES string of the molecule is COc1cc(/C=N\NC(=O)c2cccc(Br)c2)cc(Br)c1OC. The van der Waals surface area contributed by atoms with Crippen molar-refractivity contribution in [3.8, 4) is 11.5 Å². The summed E-state index contributed by atoms with van der Waals surface area (Å²) in [4.78, 5) is 12.0. The summed E-state index contributed by atoms with van der Waals surface area (Å²) < 4.78 is 12.1. The maximum absolute atomic E-state index is 12.0. The highest BCUT2D eigenvalue weighted by atomic mass is 79.9. The Morgan fingerprint density at radius 2 is 1.96 bits per heavy atom. The van der Waals surface area contributed by atoms with Crippen molar-refractivity contribution in [1.29, 1.82) is 0 Å². The zero-order chi connectivity index (χ0) is 16.8. The van der Waals surface area contributed by atoms with Crippen LogP contribution < -0.4 is 14.9 Å². The van der Waals surface area contributed by atoms with E-state index in [2.05, 4.69) is 42.4 Å². The molecule has 0 aliphatic heterocycles. The topological polar surface area (TPSA) is 59.9 Å². The third-order valence-corrected chi connectivity index (χ3v) is 4.00. The smallest absolute Gasteiger partial charge is 0.271 e. The van der Waals surface area contributed by atoms with Gasteiger partial charge in [0.15, 0.2) is 11.5 Å². The van der Waals surface area contributed by atoms with Gasteiger partial charge in [-0.15, -0.1) is 0 Å². The van der Waals surface area contributed by atoms with Gasteiger partial charge in [0.25, 0.3) is 5.91 Å². The number of hydrazone groups is 1. The van der Waals surface area contributed by atoms with Gasteiger partial charge in [-0.1, -0.05) is 22.0 Å². The van der Waals surface area contributed by atoms with Gasteiger partial charge < -0.3 is 9.47 Å². The van der Waals surface area contributed by atoms with E-state index in [4.69, 9.17) is 9.47 Å². The van der Waals surface area contributed by atoms with Gasteiger partial charge in [0.05, 0.1) is 24.9 Å². The number of methoxy groups -OCH3 is 2. The van der Waals surface area contributed by atoms with E-state index in [1.54, 1.807) is 38.5 Å². The van der Waals surface area contributed by atoms with Gasteiger partial charge in [0.1, 0.15) is 0 Å². The minimum Gasteiger partial charge on any atom is -0.493 e. The first-order valence-corrected chi connectivity index (χ1v) is 8.14. The molecule has 0 radical (unpaired) electrons. The standard InChI is InChI=1S/C16H14Br2N2O3/c1-22-14-7-10(6-13(18)15(14)23-2)9-19-20-16(21)11-4-3-5-12(17)8-11/h3-9H,1-2H3,(H,20,21)/b19-9-. The third-order valence-electron chi connectivity index (χ3n) is 2.92. The molecule has 1 N–H and O–H groups in total. The minimum atomic E-state index is -0.290. The summed E-state index contributed by atoms with van der Waals surface area (Å²) in [7, 11) is 3.12. The second-order valence-corrected chi connectivity index (χ2v) is 6.22. The fraction of sp³-hybridized carbons (Fsp3) is 0.125. The molecule has 120 valence electrons. The van der Waals surface area contributed by atoms with Crippen LogP contribution >= 0.6 is 31.9 Å². The quantitative estimate of drug-likeness (QED) is 0.563. The highest BCUT2D eigenvalue weighted by Gasteiger charge is 2.09. The van der Waals surface area contributed by atoms with E-state index in [0.29, 0.717) is 17.1 Å². The fourth-order valence-corrected chi connectivity index (χ4v) is 2.89. The number of rotatable bonds is 5. The average molecular weight is 442 g/mol. The number of amides is 1. The van der Waals surface area contributed by atoms with Crippen LogP contribution in [-0.2, 0) is 0 Å². The molecule has 2 rings (SSSR count). The van der Waals surface area contributed by atoms with Crippen LogP contribution in [0.5, 0.6) is 11.5 Å². The number of hydrogen-bond acceptors (Lipinski definition) is 4. The fourth-order valence-electron chi connectivity index (χ4n) is 1.87. The lowest BCUT2D eigenvalue weighted by molar-refractivity contribution is 0.0955. The predicted octanol–water partition coefficient (Wildman–Crippen LogP) is 3.99. The molecule has 0 atom stereocenters. The van der Waals surface area contributed by atoms with E-state index >= 15 is 0 Å². The molecular formula is C16H14Br2N2O3. The van der Waals surface area contributed by atoms with Crippen molar-refractivity contribution in [1.82, 2.24) is 5.43 Å². The first-order chi connectivity index (χ1) is 11.0. The molecule has 0 fully saturated rings. The van der Waals surface area contributed by atoms with Crippen molar-refractivity contribution in [2.45, 2.75) is 0 Å². The van der Waals surface area contributed by atoms with Crippen LogP contribution in [0.15, 0.2) is 50.4 Å². The lowest BCUT2D eigenvalue weighted by atomic mass is 10.2. The van der Waals surface area contributed by atoms with Crippen molar-refractivity contribution >= 4 is 44.0 Å². The first kappa shape index (κ1) is 17.5. The van der Waals surface area contributed by atoms with Crippen LogP contribution in [0.1, 0.15) is 15.9 Å². The molecule has 2 aromatic rings. The Labute approximate surface area is 150 Å². The number of hydrogen-bond donors (Lipinski definition) is 1. The van der Waals surface area contributed by atoms with Crippen molar-refractivity contribution in [3.63, 3.8) is 0 Å². The van der Waals surface area contributed by atoms with Crippen molar-refractivity contribution in [3.05, 3.63) is 56.5 Å². The summed E-state index contributed by atoms with van der Waals surface area (Å²) in [6, 6.07) is 10.6. The van der Waals surface area contributed by atoms with Crippen LogP contribution in [0.25, 0.3) is 0 Å². The van der Waals surface area contributed by atoms with Gasteiger partial charge in [-0.3, -0.25) is 4.79 Å². The highest BCUT2D eigenvalue weighted by molar-refractivity contribution is 9.10. The summed E-state index contributed by atoms with van der Waals surface area (Å²) in [6.45, 7) is 0. The molecule has 5 nitrogen and oxygen atoms in total. The van der Waals surface area contributed by atoms with Crippen LogP contribution in [0.4, 0.5) is 0 Å². The Hall–Kier alpha value is -1.86. The lowest BCUT2D eigenvalue weighted by Crippen LogP contribution is -2.17. The number of carbonyl (C=O) groups excluding carboxylic acids is 1. The first-order valence-electron chi connectivity index (χ1n) is 6.55. The molecular weight excluding hydrogens is 428 g/mol. The number of nitrogens with one attached hydrogen (secondary N) is 1. The monoisotopic (exact) mass is 440 g/mol. The highest BCUT2D eigenvalue weighted by Crippen LogP contribution is 2.35. The Kier molecular flexibility index (Phi) is 6.18. The third kappa shape index (κ3) is 4.56. The Morgan fingerprint density at radius 3 is 2.61 bits per heavy atom. The zero-order valence-electron chi connectivity index (χ0n) is 12.5. The van der Waals surface area contributed by atoms with E-state index in [1.165, 1.54) is 6.21 Å². The van der Waals surface area contributed by atoms with Crippen LogP contribution in [0.3, 0.4) is 0 Å². The Balaban J connectivity index is 2.11. The van der Waals surface area contributed by atoms with Crippen LogP contribution in [0.2, 0.25) is 0 Å². The molecule has 0 bridgehead atoms. The largest absolute Gasteiger partial charge is 0.493 e. The van der Waals surface area contributed by atoms with Gasteiger partial charge >= 0.3 is 0 Å². The molecule has 0 saturated carbocycles. The maximum Gasteiger partial charge on any atom is 0.271 e. The average Bonchev–Trinajstić information content (AvgIpc) is 2.54. The molecule has 7 heteroatoms. The van der Waals surface area contributed by atoms with Crippen molar-refractivity contribution in [2.24, 2.45) is 5.10 Å². The van der Waals surface area contributed by atoms with E-state index in [0.717, 1.165) is 14.5 Å². The molecule has 0 spiro atoms.